The van der Waals surface area contributed by atoms with Crippen molar-refractivity contribution in [2.75, 3.05) is 13.7 Å². The van der Waals surface area contributed by atoms with Gasteiger partial charge in [-0.15, -0.1) is 0 Å². The first-order chi connectivity index (χ1) is 13.0. The van der Waals surface area contributed by atoms with E-state index in [0.717, 1.165) is 18.4 Å². The van der Waals surface area contributed by atoms with Gasteiger partial charge in [-0.3, -0.25) is 9.59 Å². The van der Waals surface area contributed by atoms with Gasteiger partial charge in [0.2, 0.25) is 0 Å². The molecule has 2 rings (SSSR count). The zero-order valence-corrected chi connectivity index (χ0v) is 15.4. The third-order valence-corrected chi connectivity index (χ3v) is 3.76. The van der Waals surface area contributed by atoms with Gasteiger partial charge in [0, 0.05) is 19.2 Å². The molecule has 0 atom stereocenters. The molecular formula is C19H23N3O5. The summed E-state index contributed by atoms with van der Waals surface area (Å²) in [6, 6.07) is 9.83. The number of ether oxygens (including phenoxy) is 2. The van der Waals surface area contributed by atoms with Crippen molar-refractivity contribution in [1.82, 2.24) is 15.1 Å². The number of nitrogens with one attached hydrogen (secondary N) is 1. The van der Waals surface area contributed by atoms with Gasteiger partial charge in [-0.05, 0) is 30.2 Å². The SMILES string of the molecule is CCCCn1nc(C(=O)OCC(=O)NCc2cccc(OC)c2)ccc1=O. The van der Waals surface area contributed by atoms with Crippen LogP contribution in [0.3, 0.4) is 0 Å². The Bertz CT molecular complexity index is 847. The van der Waals surface area contributed by atoms with Crippen LogP contribution >= 0.6 is 0 Å². The first-order valence-corrected chi connectivity index (χ1v) is 8.68. The molecule has 0 radical (unpaired) electrons. The summed E-state index contributed by atoms with van der Waals surface area (Å²) in [6.45, 7) is 2.27. The van der Waals surface area contributed by atoms with Gasteiger partial charge in [0.15, 0.2) is 12.3 Å². The summed E-state index contributed by atoms with van der Waals surface area (Å²) < 4.78 is 11.3. The Balaban J connectivity index is 1.85. The molecule has 2 aromatic rings. The standard InChI is InChI=1S/C19H23N3O5/c1-3-4-10-22-18(24)9-8-16(21-22)19(25)27-13-17(23)20-12-14-6-5-7-15(11-14)26-2/h5-9,11H,3-4,10,12-13H2,1-2H3,(H,20,23). The molecule has 1 heterocycles. The number of carbonyl (C=O) groups is 2. The molecule has 0 aliphatic rings. The molecule has 0 aliphatic heterocycles. The first-order valence-electron chi connectivity index (χ1n) is 8.68. The largest absolute Gasteiger partial charge is 0.497 e. The Kier molecular flexibility index (Phi) is 7.54. The fourth-order valence-corrected chi connectivity index (χ4v) is 2.26. The van der Waals surface area contributed by atoms with E-state index in [4.69, 9.17) is 9.47 Å². The summed E-state index contributed by atoms with van der Waals surface area (Å²) in [4.78, 5) is 35.6. The van der Waals surface area contributed by atoms with Crippen LogP contribution in [0.2, 0.25) is 0 Å². The number of amides is 1. The molecule has 8 nitrogen and oxygen atoms in total. The number of methoxy groups -OCH3 is 1. The van der Waals surface area contributed by atoms with Gasteiger partial charge in [-0.1, -0.05) is 25.5 Å². The van der Waals surface area contributed by atoms with E-state index >= 15 is 0 Å². The molecule has 1 N–H and O–H groups in total. The Labute approximate surface area is 157 Å². The maximum absolute atomic E-state index is 12.0. The lowest BCUT2D eigenvalue weighted by atomic mass is 10.2. The maximum Gasteiger partial charge on any atom is 0.359 e. The molecular weight excluding hydrogens is 350 g/mol. The average molecular weight is 373 g/mol. The van der Waals surface area contributed by atoms with Gasteiger partial charge >= 0.3 is 5.97 Å². The summed E-state index contributed by atoms with van der Waals surface area (Å²) in [7, 11) is 1.57. The quantitative estimate of drug-likeness (QED) is 0.669. The Hall–Kier alpha value is -3.16. The van der Waals surface area contributed by atoms with Crippen molar-refractivity contribution in [2.45, 2.75) is 32.9 Å². The number of rotatable bonds is 9. The number of hydrogen-bond acceptors (Lipinski definition) is 6. The number of aryl methyl sites for hydroxylation is 1. The van der Waals surface area contributed by atoms with E-state index in [9.17, 15) is 14.4 Å². The lowest BCUT2D eigenvalue weighted by Gasteiger charge is -2.08. The van der Waals surface area contributed by atoms with E-state index in [-0.39, 0.29) is 17.8 Å². The Morgan fingerprint density at radius 3 is 2.78 bits per heavy atom. The molecule has 0 aliphatic carbocycles. The molecule has 0 unspecified atom stereocenters. The van der Waals surface area contributed by atoms with Crippen LogP contribution in [0.1, 0.15) is 35.8 Å². The topological polar surface area (TPSA) is 99.5 Å². The molecule has 0 saturated carbocycles. The van der Waals surface area contributed by atoms with Gasteiger partial charge in [0.1, 0.15) is 5.75 Å². The van der Waals surface area contributed by atoms with Crippen LogP contribution < -0.4 is 15.6 Å². The van der Waals surface area contributed by atoms with E-state index in [1.807, 2.05) is 19.1 Å². The van der Waals surface area contributed by atoms with Crippen LogP contribution in [0.15, 0.2) is 41.2 Å². The summed E-state index contributed by atoms with van der Waals surface area (Å²) in [5, 5.41) is 6.64. The third kappa shape index (κ3) is 6.25. The van der Waals surface area contributed by atoms with Crippen molar-refractivity contribution in [3.63, 3.8) is 0 Å². The zero-order valence-electron chi connectivity index (χ0n) is 15.4. The van der Waals surface area contributed by atoms with Gasteiger partial charge in [-0.2, -0.15) is 5.10 Å². The van der Waals surface area contributed by atoms with Gasteiger partial charge in [-0.25, -0.2) is 9.48 Å². The highest BCUT2D eigenvalue weighted by Gasteiger charge is 2.13. The summed E-state index contributed by atoms with van der Waals surface area (Å²) >= 11 is 0. The molecule has 0 bridgehead atoms. The van der Waals surface area contributed by atoms with Crippen LogP contribution in [0, 0.1) is 0 Å². The van der Waals surface area contributed by atoms with Crippen molar-refractivity contribution in [3.05, 3.63) is 58.0 Å². The minimum Gasteiger partial charge on any atom is -0.497 e. The molecule has 1 amide bonds. The summed E-state index contributed by atoms with van der Waals surface area (Å²) in [6.07, 6.45) is 1.67. The highest BCUT2D eigenvalue weighted by Crippen LogP contribution is 2.12. The molecule has 27 heavy (non-hydrogen) atoms. The fraction of sp³-hybridized carbons (Fsp3) is 0.368. The van der Waals surface area contributed by atoms with Crippen LogP contribution in [0.4, 0.5) is 0 Å². The van der Waals surface area contributed by atoms with Crippen molar-refractivity contribution in [2.24, 2.45) is 0 Å². The molecule has 0 fully saturated rings. The molecule has 0 spiro atoms. The normalized spacial score (nSPS) is 10.3. The number of unbranched alkanes of at least 4 members (excludes halogenated alkanes) is 1. The number of aromatic nitrogens is 2. The second kappa shape index (κ2) is 10.1. The van der Waals surface area contributed by atoms with Crippen LogP contribution in [-0.4, -0.2) is 35.4 Å². The van der Waals surface area contributed by atoms with Crippen LogP contribution in [0.5, 0.6) is 5.75 Å². The van der Waals surface area contributed by atoms with Crippen molar-refractivity contribution < 1.29 is 19.1 Å². The van der Waals surface area contributed by atoms with E-state index in [0.29, 0.717) is 12.3 Å². The van der Waals surface area contributed by atoms with Gasteiger partial charge in [0.25, 0.3) is 11.5 Å². The van der Waals surface area contributed by atoms with Crippen molar-refractivity contribution in [3.8, 4) is 5.75 Å². The molecule has 8 heteroatoms. The van der Waals surface area contributed by atoms with Crippen molar-refractivity contribution >= 4 is 11.9 Å². The highest BCUT2D eigenvalue weighted by molar-refractivity contribution is 5.89. The third-order valence-electron chi connectivity index (χ3n) is 3.76. The lowest BCUT2D eigenvalue weighted by molar-refractivity contribution is -0.124. The molecule has 144 valence electrons. The number of esters is 1. The summed E-state index contributed by atoms with van der Waals surface area (Å²) in [5.41, 5.74) is 0.570. The van der Waals surface area contributed by atoms with Gasteiger partial charge < -0.3 is 14.8 Å². The summed E-state index contributed by atoms with van der Waals surface area (Å²) in [5.74, 6) is -0.500. The number of carbonyl (C=O) groups excluding carboxylic acids is 2. The Morgan fingerprint density at radius 2 is 2.04 bits per heavy atom. The van der Waals surface area contributed by atoms with Crippen LogP contribution in [-0.2, 0) is 22.6 Å². The predicted molar refractivity (Wildman–Crippen MR) is 98.5 cm³/mol. The van der Waals surface area contributed by atoms with E-state index in [1.54, 1.807) is 19.2 Å². The minimum absolute atomic E-state index is 0.00806. The highest BCUT2D eigenvalue weighted by atomic mass is 16.5. The van der Waals surface area contributed by atoms with E-state index in [1.165, 1.54) is 16.8 Å². The predicted octanol–water partition coefficient (Wildman–Crippen LogP) is 1.53. The smallest absolute Gasteiger partial charge is 0.359 e. The lowest BCUT2D eigenvalue weighted by Crippen LogP contribution is -2.29. The monoisotopic (exact) mass is 373 g/mol. The van der Waals surface area contributed by atoms with Crippen molar-refractivity contribution in [1.29, 1.82) is 0 Å². The number of nitrogens with zero attached hydrogens (tertiary/aromatic N) is 2. The maximum atomic E-state index is 12.0. The van der Waals surface area contributed by atoms with Gasteiger partial charge in [0.05, 0.1) is 7.11 Å². The average Bonchev–Trinajstić information content (AvgIpc) is 2.70. The molecule has 0 saturated heterocycles. The number of hydrogen-bond donors (Lipinski definition) is 1. The first kappa shape index (κ1) is 20.2. The molecule has 1 aromatic heterocycles. The van der Waals surface area contributed by atoms with E-state index in [2.05, 4.69) is 10.4 Å². The van der Waals surface area contributed by atoms with E-state index < -0.39 is 18.5 Å². The fourth-order valence-electron chi connectivity index (χ4n) is 2.26. The van der Waals surface area contributed by atoms with Crippen LogP contribution in [0.25, 0.3) is 0 Å². The number of benzene rings is 1. The second-order valence-electron chi connectivity index (χ2n) is 5.84. The second-order valence-corrected chi connectivity index (χ2v) is 5.84. The Morgan fingerprint density at radius 1 is 1.22 bits per heavy atom. The molecule has 1 aromatic carbocycles. The minimum atomic E-state index is -0.753. The zero-order chi connectivity index (χ0) is 19.6.